The highest BCUT2D eigenvalue weighted by molar-refractivity contribution is 6.01. The molecule has 0 aromatic rings. The summed E-state index contributed by atoms with van der Waals surface area (Å²) in [4.78, 5) is 15.9. The molecule has 0 unspecified atom stereocenters. The summed E-state index contributed by atoms with van der Waals surface area (Å²) < 4.78 is 0. The highest BCUT2D eigenvalue weighted by atomic mass is 16.1. The summed E-state index contributed by atoms with van der Waals surface area (Å²) in [7, 11) is 1.69. The van der Waals surface area contributed by atoms with Crippen LogP contribution in [0.4, 0.5) is 0 Å². The van der Waals surface area contributed by atoms with Crippen LogP contribution in [0.1, 0.15) is 39.0 Å². The molecule has 0 aromatic heterocycles. The van der Waals surface area contributed by atoms with E-state index >= 15 is 0 Å². The maximum Gasteiger partial charge on any atom is 0.227 e. The van der Waals surface area contributed by atoms with Gasteiger partial charge in [-0.15, -0.1) is 0 Å². The second-order valence-corrected chi connectivity index (χ2v) is 4.21. The monoisotopic (exact) mass is 223 g/mol. The third-order valence-electron chi connectivity index (χ3n) is 3.13. The average molecular weight is 223 g/mol. The lowest BCUT2D eigenvalue weighted by atomic mass is 9.88. The lowest BCUT2D eigenvalue weighted by molar-refractivity contribution is -0.125. The Bertz CT molecular complexity index is 301. The van der Waals surface area contributed by atoms with Crippen LogP contribution < -0.4 is 11.1 Å². The zero-order chi connectivity index (χ0) is 12.0. The van der Waals surface area contributed by atoms with Crippen LogP contribution in [0.5, 0.6) is 0 Å². The second kappa shape index (κ2) is 6.30. The summed E-state index contributed by atoms with van der Waals surface area (Å²) in [6.07, 6.45) is 6.95. The first-order chi connectivity index (χ1) is 7.69. The molecule has 0 spiro atoms. The van der Waals surface area contributed by atoms with Gasteiger partial charge in [0.15, 0.2) is 0 Å². The van der Waals surface area contributed by atoms with Gasteiger partial charge >= 0.3 is 0 Å². The minimum absolute atomic E-state index is 0.0828. The summed E-state index contributed by atoms with van der Waals surface area (Å²) in [6.45, 7) is 1.83. The second-order valence-electron chi connectivity index (χ2n) is 4.21. The van der Waals surface area contributed by atoms with Gasteiger partial charge in [0.05, 0.1) is 11.4 Å². The molecule has 0 heterocycles. The number of nitrogens with zero attached hydrogens (tertiary/aromatic N) is 1. The van der Waals surface area contributed by atoms with Crippen molar-refractivity contribution in [2.24, 2.45) is 16.6 Å². The molecule has 3 N–H and O–H groups in total. The quantitative estimate of drug-likeness (QED) is 0.713. The molecule has 1 fully saturated rings. The highest BCUT2D eigenvalue weighted by Crippen LogP contribution is 2.23. The number of aliphatic imine (C=N–C) groups is 1. The van der Waals surface area contributed by atoms with Crippen LogP contribution in [0.2, 0.25) is 0 Å². The van der Waals surface area contributed by atoms with Gasteiger partial charge in [-0.2, -0.15) is 0 Å². The fraction of sp³-hybridized carbons (Fsp3) is 0.667. The van der Waals surface area contributed by atoms with Crippen LogP contribution in [0.15, 0.2) is 16.9 Å². The third kappa shape index (κ3) is 3.36. The molecule has 4 nitrogen and oxygen atoms in total. The molecule has 0 aromatic carbocycles. The SMILES string of the molecule is CN=C(C)C(=CN)NC(=O)C1CCCCC1. The number of hydrogen-bond donors (Lipinski definition) is 2. The maximum atomic E-state index is 11.9. The third-order valence-corrected chi connectivity index (χ3v) is 3.13. The molecule has 1 saturated carbocycles. The molecule has 0 bridgehead atoms. The van der Waals surface area contributed by atoms with E-state index in [4.69, 9.17) is 5.73 Å². The van der Waals surface area contributed by atoms with Crippen molar-refractivity contribution in [2.75, 3.05) is 7.05 Å². The highest BCUT2D eigenvalue weighted by Gasteiger charge is 2.21. The molecule has 1 amide bonds. The van der Waals surface area contributed by atoms with E-state index in [0.717, 1.165) is 31.4 Å². The number of rotatable bonds is 3. The molecule has 0 aliphatic heterocycles. The number of carbonyl (C=O) groups is 1. The Labute approximate surface area is 97.0 Å². The topological polar surface area (TPSA) is 67.5 Å². The number of amides is 1. The Morgan fingerprint density at radius 1 is 1.38 bits per heavy atom. The number of carbonyl (C=O) groups excluding carboxylic acids is 1. The van der Waals surface area contributed by atoms with Gasteiger partial charge in [-0.3, -0.25) is 9.79 Å². The van der Waals surface area contributed by atoms with E-state index in [1.54, 1.807) is 7.05 Å². The normalized spacial score (nSPS) is 19.6. The molecule has 1 aliphatic rings. The zero-order valence-corrected chi connectivity index (χ0v) is 10.1. The van der Waals surface area contributed by atoms with Crippen LogP contribution in [-0.2, 0) is 4.79 Å². The van der Waals surface area contributed by atoms with Crippen LogP contribution in [0.25, 0.3) is 0 Å². The average Bonchev–Trinajstić information content (AvgIpc) is 2.35. The Hall–Kier alpha value is -1.32. The van der Waals surface area contributed by atoms with Crippen LogP contribution in [0.3, 0.4) is 0 Å². The van der Waals surface area contributed by atoms with Crippen molar-refractivity contribution in [3.05, 3.63) is 11.9 Å². The van der Waals surface area contributed by atoms with Crippen molar-refractivity contribution >= 4 is 11.6 Å². The lowest BCUT2D eigenvalue weighted by Crippen LogP contribution is -2.34. The van der Waals surface area contributed by atoms with Crippen LogP contribution in [0, 0.1) is 5.92 Å². The van der Waals surface area contributed by atoms with Gasteiger partial charge in [-0.1, -0.05) is 19.3 Å². The standard InChI is InChI=1S/C12H21N3O/c1-9(14-2)11(8-13)15-12(16)10-6-4-3-5-7-10/h8,10H,3-7,13H2,1-2H3,(H,15,16). The van der Waals surface area contributed by atoms with Gasteiger partial charge < -0.3 is 11.1 Å². The van der Waals surface area contributed by atoms with Crippen molar-refractivity contribution in [3.63, 3.8) is 0 Å². The van der Waals surface area contributed by atoms with Crippen LogP contribution >= 0.6 is 0 Å². The minimum atomic E-state index is 0.0828. The van der Waals surface area contributed by atoms with Gasteiger partial charge in [0.2, 0.25) is 5.91 Å². The summed E-state index contributed by atoms with van der Waals surface area (Å²) in [5.74, 6) is 0.229. The lowest BCUT2D eigenvalue weighted by Gasteiger charge is -2.21. The van der Waals surface area contributed by atoms with Crippen molar-refractivity contribution in [2.45, 2.75) is 39.0 Å². The smallest absolute Gasteiger partial charge is 0.227 e. The van der Waals surface area contributed by atoms with Crippen molar-refractivity contribution in [3.8, 4) is 0 Å². The first-order valence-corrected chi connectivity index (χ1v) is 5.85. The summed E-state index contributed by atoms with van der Waals surface area (Å²) in [5.41, 5.74) is 6.85. The largest absolute Gasteiger partial charge is 0.403 e. The van der Waals surface area contributed by atoms with Gasteiger partial charge in [0.1, 0.15) is 0 Å². The summed E-state index contributed by atoms with van der Waals surface area (Å²) >= 11 is 0. The van der Waals surface area contributed by atoms with E-state index in [9.17, 15) is 4.79 Å². The van der Waals surface area contributed by atoms with Gasteiger partial charge in [0, 0.05) is 19.2 Å². The molecule has 0 radical (unpaired) electrons. The predicted octanol–water partition coefficient (Wildman–Crippen LogP) is 1.57. The Morgan fingerprint density at radius 3 is 2.50 bits per heavy atom. The molecule has 90 valence electrons. The molecular formula is C12H21N3O. The van der Waals surface area contributed by atoms with Crippen molar-refractivity contribution < 1.29 is 4.79 Å². The predicted molar refractivity (Wildman–Crippen MR) is 66.0 cm³/mol. The maximum absolute atomic E-state index is 11.9. The molecular weight excluding hydrogens is 202 g/mol. The van der Waals surface area contributed by atoms with Crippen LogP contribution in [-0.4, -0.2) is 18.7 Å². The molecule has 16 heavy (non-hydrogen) atoms. The summed E-state index contributed by atoms with van der Waals surface area (Å²) in [6, 6.07) is 0. The Kier molecular flexibility index (Phi) is 5.02. The van der Waals surface area contributed by atoms with E-state index in [1.807, 2.05) is 6.92 Å². The first-order valence-electron chi connectivity index (χ1n) is 5.85. The Morgan fingerprint density at radius 2 is 2.00 bits per heavy atom. The summed E-state index contributed by atoms with van der Waals surface area (Å²) in [5, 5.41) is 2.85. The molecule has 1 rings (SSSR count). The molecule has 0 atom stereocenters. The van der Waals surface area contributed by atoms with E-state index < -0.39 is 0 Å². The van der Waals surface area contributed by atoms with Crippen molar-refractivity contribution in [1.29, 1.82) is 0 Å². The fourth-order valence-corrected chi connectivity index (χ4v) is 1.97. The Balaban J connectivity index is 2.55. The molecule has 4 heteroatoms. The minimum Gasteiger partial charge on any atom is -0.403 e. The molecule has 1 aliphatic carbocycles. The van der Waals surface area contributed by atoms with E-state index in [2.05, 4.69) is 10.3 Å². The van der Waals surface area contributed by atoms with Gasteiger partial charge in [-0.25, -0.2) is 0 Å². The first kappa shape index (κ1) is 12.7. The van der Waals surface area contributed by atoms with Gasteiger partial charge in [-0.05, 0) is 19.8 Å². The molecule has 0 saturated heterocycles. The van der Waals surface area contributed by atoms with Gasteiger partial charge in [0.25, 0.3) is 0 Å². The van der Waals surface area contributed by atoms with E-state index in [-0.39, 0.29) is 11.8 Å². The van der Waals surface area contributed by atoms with E-state index in [1.165, 1.54) is 12.6 Å². The number of nitrogens with one attached hydrogen (secondary N) is 1. The zero-order valence-electron chi connectivity index (χ0n) is 10.1. The number of hydrogen-bond acceptors (Lipinski definition) is 3. The number of allylic oxidation sites excluding steroid dienone is 1. The van der Waals surface area contributed by atoms with E-state index in [0.29, 0.717) is 5.70 Å². The fourth-order valence-electron chi connectivity index (χ4n) is 1.97. The van der Waals surface area contributed by atoms with Crippen molar-refractivity contribution in [1.82, 2.24) is 5.32 Å². The number of nitrogens with two attached hydrogens (primary N) is 1.